The number of primary amides is 1. The van der Waals surface area contributed by atoms with Crippen LogP contribution in [0, 0.1) is 11.8 Å². The molecule has 8 N–H and O–H groups in total. The molecular weight excluding hydrogens is 436 g/mol. The summed E-state index contributed by atoms with van der Waals surface area (Å²) in [7, 11) is 0. The Morgan fingerprint density at radius 3 is 2.36 bits per heavy atom. The molecule has 0 spiro atoms. The third-order valence-corrected chi connectivity index (χ3v) is 5.24. The van der Waals surface area contributed by atoms with Gasteiger partial charge in [0.25, 0.3) is 17.5 Å². The Labute approximate surface area is 188 Å². The highest BCUT2D eigenvalue weighted by molar-refractivity contribution is 5.88. The minimum atomic E-state index is -3.51. The molecule has 1 amide bonds. The minimum absolute atomic E-state index is 0.322. The van der Waals surface area contributed by atoms with Gasteiger partial charge in [-0.15, -0.1) is 5.10 Å². The van der Waals surface area contributed by atoms with Crippen molar-refractivity contribution >= 4 is 5.91 Å². The van der Waals surface area contributed by atoms with Crippen LogP contribution in [-0.4, -0.2) is 75.3 Å². The number of aromatic nitrogens is 3. The summed E-state index contributed by atoms with van der Waals surface area (Å²) in [6.07, 6.45) is -2.59. The molecule has 0 unspecified atom stereocenters. The maximum atomic E-state index is 11.6. The van der Waals surface area contributed by atoms with Gasteiger partial charge in [-0.05, 0) is 36.5 Å². The lowest BCUT2D eigenvalue weighted by molar-refractivity contribution is -0.363. The highest BCUT2D eigenvalue weighted by Crippen LogP contribution is 2.43. The highest BCUT2D eigenvalue weighted by Gasteiger charge is 2.69. The second kappa shape index (κ2) is 9.54. The molecule has 12 nitrogen and oxygen atoms in total. The predicted molar refractivity (Wildman–Crippen MR) is 111 cm³/mol. The van der Waals surface area contributed by atoms with Gasteiger partial charge in [0.2, 0.25) is 17.9 Å². The van der Waals surface area contributed by atoms with E-state index >= 15 is 0 Å². The van der Waals surface area contributed by atoms with Gasteiger partial charge in [-0.25, -0.2) is 4.68 Å². The van der Waals surface area contributed by atoms with Gasteiger partial charge in [-0.2, -0.15) is 4.98 Å². The van der Waals surface area contributed by atoms with E-state index in [9.17, 15) is 35.4 Å². The van der Waals surface area contributed by atoms with E-state index in [4.69, 9.17) is 10.5 Å². The number of carbonyl (C=O) groups is 1. The first kappa shape index (κ1) is 24.7. The third kappa shape index (κ3) is 4.90. The van der Waals surface area contributed by atoms with E-state index in [1.54, 1.807) is 12.1 Å². The van der Waals surface area contributed by atoms with Gasteiger partial charge in [-0.3, -0.25) is 4.79 Å². The standard InChI is InChI=1S/C21H26N4O8/c1-2-3-4-5-12-6-8-13(9-7-12)10-11-14-23-17(16(22)26)24-25(14)19-21(31,32)20(29,30)15(33-19)18(27)28/h6-9,15,18-19,27-32H,2-5H2,1H3,(H2,22,26)/t15-,19-/m1/s1. The number of nitrogens with two attached hydrogens (primary N) is 1. The minimum Gasteiger partial charge on any atom is -0.366 e. The van der Waals surface area contributed by atoms with E-state index < -0.39 is 41.9 Å². The number of ether oxygens (including phenoxy) is 1. The smallest absolute Gasteiger partial charge is 0.288 e. The number of hydrogen-bond donors (Lipinski definition) is 7. The fourth-order valence-corrected chi connectivity index (χ4v) is 3.36. The van der Waals surface area contributed by atoms with Crippen molar-refractivity contribution in [1.82, 2.24) is 14.8 Å². The van der Waals surface area contributed by atoms with Gasteiger partial charge in [0.15, 0.2) is 12.4 Å². The van der Waals surface area contributed by atoms with Crippen LogP contribution >= 0.6 is 0 Å². The van der Waals surface area contributed by atoms with Crippen LogP contribution in [0.5, 0.6) is 0 Å². The lowest BCUT2D eigenvalue weighted by Crippen LogP contribution is -2.60. The third-order valence-electron chi connectivity index (χ3n) is 5.24. The van der Waals surface area contributed by atoms with Crippen molar-refractivity contribution < 1.29 is 40.2 Å². The number of unbranched alkanes of at least 4 members (excludes halogenated alkanes) is 2. The summed E-state index contributed by atoms with van der Waals surface area (Å²) in [4.78, 5) is 15.4. The molecule has 1 aliphatic heterocycles. The summed E-state index contributed by atoms with van der Waals surface area (Å²) in [5.74, 6) is -3.55. The highest BCUT2D eigenvalue weighted by atomic mass is 16.7. The van der Waals surface area contributed by atoms with Crippen molar-refractivity contribution in [3.8, 4) is 11.8 Å². The number of aliphatic hydroxyl groups excluding tert-OH is 1. The van der Waals surface area contributed by atoms with Crippen molar-refractivity contribution in [1.29, 1.82) is 0 Å². The van der Waals surface area contributed by atoms with Crippen LogP contribution in [0.1, 0.15) is 60.0 Å². The molecule has 1 saturated heterocycles. The van der Waals surface area contributed by atoms with Gasteiger partial charge in [0.1, 0.15) is 0 Å². The van der Waals surface area contributed by atoms with Crippen LogP contribution < -0.4 is 5.73 Å². The zero-order chi connectivity index (χ0) is 24.4. The summed E-state index contributed by atoms with van der Waals surface area (Å²) in [6, 6.07) is 7.40. The number of hydrogen-bond acceptors (Lipinski definition) is 10. The monoisotopic (exact) mass is 462 g/mol. The summed E-state index contributed by atoms with van der Waals surface area (Å²) < 4.78 is 5.64. The first-order valence-corrected chi connectivity index (χ1v) is 10.3. The van der Waals surface area contributed by atoms with Crippen LogP contribution in [0.2, 0.25) is 0 Å². The van der Waals surface area contributed by atoms with Crippen molar-refractivity contribution in [2.75, 3.05) is 0 Å². The number of benzene rings is 1. The fraction of sp³-hybridized carbons (Fsp3) is 0.476. The normalized spacial score (nSPS) is 21.1. The number of carbonyl (C=O) groups excluding carboxylic acids is 1. The Bertz CT molecular complexity index is 1050. The molecule has 0 aliphatic carbocycles. The average Bonchev–Trinajstić information content (AvgIpc) is 3.24. The van der Waals surface area contributed by atoms with Crippen LogP contribution in [0.25, 0.3) is 0 Å². The molecule has 0 saturated carbocycles. The molecule has 0 radical (unpaired) electrons. The van der Waals surface area contributed by atoms with Gasteiger partial charge in [-0.1, -0.05) is 37.8 Å². The van der Waals surface area contributed by atoms with Crippen molar-refractivity contribution in [3.05, 3.63) is 47.0 Å². The van der Waals surface area contributed by atoms with E-state index in [1.165, 1.54) is 0 Å². The molecule has 3 rings (SSSR count). The maximum absolute atomic E-state index is 11.6. The molecule has 0 bridgehead atoms. The molecule has 1 aromatic heterocycles. The molecule has 1 fully saturated rings. The maximum Gasteiger partial charge on any atom is 0.288 e. The number of nitrogens with zero attached hydrogens (tertiary/aromatic N) is 3. The lowest BCUT2D eigenvalue weighted by Gasteiger charge is -2.31. The van der Waals surface area contributed by atoms with Crippen molar-refractivity contribution in [2.45, 2.75) is 62.8 Å². The zero-order valence-corrected chi connectivity index (χ0v) is 17.8. The summed E-state index contributed by atoms with van der Waals surface area (Å²) in [6.45, 7) is 2.13. The Morgan fingerprint density at radius 2 is 1.82 bits per heavy atom. The lowest BCUT2D eigenvalue weighted by atomic mass is 10.0. The first-order chi connectivity index (χ1) is 15.5. The SMILES string of the molecule is CCCCCc1ccc(C#Cc2nc(C(N)=O)nn2[C@@H]2O[C@H](C(O)O)C(O)(O)C2(O)O)cc1. The molecule has 2 heterocycles. The average molecular weight is 462 g/mol. The van der Waals surface area contributed by atoms with Crippen LogP contribution in [0.3, 0.4) is 0 Å². The molecule has 12 heteroatoms. The molecule has 2 aromatic rings. The number of rotatable bonds is 7. The molecule has 33 heavy (non-hydrogen) atoms. The second-order valence-electron chi connectivity index (χ2n) is 7.75. The number of aryl methyl sites for hydroxylation is 1. The van der Waals surface area contributed by atoms with E-state index in [2.05, 4.69) is 28.8 Å². The largest absolute Gasteiger partial charge is 0.366 e. The first-order valence-electron chi connectivity index (χ1n) is 10.3. The van der Waals surface area contributed by atoms with Crippen LogP contribution in [0.4, 0.5) is 0 Å². The van der Waals surface area contributed by atoms with Gasteiger partial charge < -0.3 is 41.1 Å². The summed E-state index contributed by atoms with van der Waals surface area (Å²) >= 11 is 0. The Hall–Kier alpha value is -2.89. The summed E-state index contributed by atoms with van der Waals surface area (Å²) in [5.41, 5.74) is 6.92. The van der Waals surface area contributed by atoms with E-state index in [0.717, 1.165) is 31.2 Å². The topological polar surface area (TPSA) is 204 Å². The van der Waals surface area contributed by atoms with Crippen LogP contribution in [0.15, 0.2) is 24.3 Å². The van der Waals surface area contributed by atoms with Gasteiger partial charge in [0, 0.05) is 5.56 Å². The molecule has 1 aromatic carbocycles. The van der Waals surface area contributed by atoms with Crippen molar-refractivity contribution in [3.63, 3.8) is 0 Å². The van der Waals surface area contributed by atoms with Gasteiger partial charge in [0.05, 0.1) is 0 Å². The van der Waals surface area contributed by atoms with Gasteiger partial charge >= 0.3 is 0 Å². The van der Waals surface area contributed by atoms with Crippen molar-refractivity contribution in [2.24, 2.45) is 5.73 Å². The zero-order valence-electron chi connectivity index (χ0n) is 17.8. The Morgan fingerprint density at radius 1 is 1.15 bits per heavy atom. The van der Waals surface area contributed by atoms with Crippen LogP contribution in [-0.2, 0) is 11.2 Å². The molecule has 2 atom stereocenters. The Balaban J connectivity index is 1.94. The quantitative estimate of drug-likeness (QED) is 0.138. The Kier molecular flexibility index (Phi) is 7.15. The second-order valence-corrected chi connectivity index (χ2v) is 7.75. The fourth-order valence-electron chi connectivity index (χ4n) is 3.36. The van der Waals surface area contributed by atoms with E-state index in [0.29, 0.717) is 10.2 Å². The number of aliphatic hydroxyl groups is 6. The number of amides is 1. The summed E-state index contributed by atoms with van der Waals surface area (Å²) in [5, 5.41) is 63.0. The van der Waals surface area contributed by atoms with E-state index in [1.807, 2.05) is 12.1 Å². The molecule has 1 aliphatic rings. The molecular formula is C21H26N4O8. The van der Waals surface area contributed by atoms with E-state index in [-0.39, 0.29) is 5.82 Å². The molecule has 178 valence electrons. The predicted octanol–water partition coefficient (Wildman–Crippen LogP) is -1.92.